The van der Waals surface area contributed by atoms with Crippen molar-refractivity contribution in [2.45, 2.75) is 19.0 Å². The van der Waals surface area contributed by atoms with Gasteiger partial charge in [-0.3, -0.25) is 19.7 Å². The number of nitrogens with zero attached hydrogens (tertiary/aromatic N) is 1. The van der Waals surface area contributed by atoms with E-state index >= 15 is 0 Å². The first-order valence-corrected chi connectivity index (χ1v) is 7.58. The first kappa shape index (κ1) is 15.4. The molecule has 2 amide bonds. The van der Waals surface area contributed by atoms with Crippen molar-refractivity contribution in [2.24, 2.45) is 11.8 Å². The van der Waals surface area contributed by atoms with Crippen LogP contribution in [-0.2, 0) is 19.1 Å². The molecule has 6 heteroatoms. The second-order valence-corrected chi connectivity index (χ2v) is 5.56. The molecule has 4 atom stereocenters. The summed E-state index contributed by atoms with van der Waals surface area (Å²) in [6.07, 6.45) is 1.57. The molecule has 2 heterocycles. The molecule has 0 aromatic heterocycles. The average molecular weight is 314 g/mol. The van der Waals surface area contributed by atoms with Crippen LogP contribution in [-0.4, -0.2) is 36.5 Å². The summed E-state index contributed by atoms with van der Waals surface area (Å²) in [4.78, 5) is 38.9. The van der Waals surface area contributed by atoms with Gasteiger partial charge in [-0.25, -0.2) is 4.90 Å². The number of esters is 1. The van der Waals surface area contributed by atoms with Gasteiger partial charge in [0.25, 0.3) is 0 Å². The molecule has 0 spiro atoms. The van der Waals surface area contributed by atoms with Gasteiger partial charge in [0.2, 0.25) is 11.8 Å². The average Bonchev–Trinajstić information content (AvgIpc) is 3.06. The van der Waals surface area contributed by atoms with Gasteiger partial charge < -0.3 is 4.74 Å². The first-order chi connectivity index (χ1) is 11.1. The highest BCUT2D eigenvalue weighted by atomic mass is 16.5. The molecule has 2 aliphatic heterocycles. The van der Waals surface area contributed by atoms with Crippen LogP contribution in [0.25, 0.3) is 0 Å². The molecule has 1 N–H and O–H groups in total. The van der Waals surface area contributed by atoms with E-state index < -0.39 is 29.9 Å². The number of imide groups is 1. The van der Waals surface area contributed by atoms with E-state index in [0.29, 0.717) is 5.69 Å². The van der Waals surface area contributed by atoms with Crippen LogP contribution < -0.4 is 10.2 Å². The Balaban J connectivity index is 1.97. The molecule has 23 heavy (non-hydrogen) atoms. The molecule has 1 aromatic rings. The van der Waals surface area contributed by atoms with Crippen LogP contribution >= 0.6 is 0 Å². The zero-order chi connectivity index (χ0) is 16.6. The summed E-state index contributed by atoms with van der Waals surface area (Å²) in [6, 6.07) is 7.48. The Bertz CT molecular complexity index is 658. The first-order valence-electron chi connectivity index (χ1n) is 7.58. The van der Waals surface area contributed by atoms with Crippen LogP contribution in [0.4, 0.5) is 5.69 Å². The van der Waals surface area contributed by atoms with E-state index in [-0.39, 0.29) is 18.4 Å². The maximum Gasteiger partial charge on any atom is 0.323 e. The number of carbonyl (C=O) groups excluding carboxylic acids is 3. The molecule has 120 valence electrons. The number of carbonyl (C=O) groups is 3. The van der Waals surface area contributed by atoms with E-state index in [0.717, 1.165) is 0 Å². The highest BCUT2D eigenvalue weighted by Gasteiger charge is 2.60. The third-order valence-electron chi connectivity index (χ3n) is 4.32. The second kappa shape index (κ2) is 5.96. The fourth-order valence-electron chi connectivity index (χ4n) is 3.35. The van der Waals surface area contributed by atoms with Gasteiger partial charge in [0.15, 0.2) is 0 Å². The normalized spacial score (nSPS) is 29.5. The minimum Gasteiger partial charge on any atom is -0.465 e. The number of hydrogen-bond acceptors (Lipinski definition) is 5. The number of hydrogen-bond donors (Lipinski definition) is 1. The fourth-order valence-corrected chi connectivity index (χ4v) is 3.35. The molecule has 0 bridgehead atoms. The molecule has 6 nitrogen and oxygen atoms in total. The lowest BCUT2D eigenvalue weighted by molar-refractivity contribution is -0.148. The number of nitrogens with one attached hydrogen (secondary N) is 1. The predicted molar refractivity (Wildman–Crippen MR) is 83.5 cm³/mol. The van der Waals surface area contributed by atoms with Crippen LogP contribution in [0, 0.1) is 11.8 Å². The predicted octanol–water partition coefficient (Wildman–Crippen LogP) is 0.882. The van der Waals surface area contributed by atoms with Crippen molar-refractivity contribution in [3.8, 4) is 0 Å². The van der Waals surface area contributed by atoms with Gasteiger partial charge in [0.05, 0.1) is 24.1 Å². The molecule has 3 rings (SSSR count). The lowest BCUT2D eigenvalue weighted by atomic mass is 9.89. The number of para-hydroxylation sites is 1. The molecule has 2 saturated heterocycles. The number of rotatable bonds is 4. The van der Waals surface area contributed by atoms with Crippen LogP contribution in [0.2, 0.25) is 0 Å². The van der Waals surface area contributed by atoms with Crippen molar-refractivity contribution in [3.63, 3.8) is 0 Å². The van der Waals surface area contributed by atoms with Gasteiger partial charge in [0.1, 0.15) is 6.04 Å². The number of benzene rings is 1. The Morgan fingerprint density at radius 3 is 2.52 bits per heavy atom. The summed E-state index contributed by atoms with van der Waals surface area (Å²) >= 11 is 0. The van der Waals surface area contributed by atoms with Crippen LogP contribution in [0.1, 0.15) is 6.92 Å². The van der Waals surface area contributed by atoms with Crippen molar-refractivity contribution >= 4 is 23.5 Å². The van der Waals surface area contributed by atoms with Crippen molar-refractivity contribution in [1.82, 2.24) is 5.32 Å². The lowest BCUT2D eigenvalue weighted by Crippen LogP contribution is -2.45. The summed E-state index contributed by atoms with van der Waals surface area (Å²) in [5.41, 5.74) is 0.516. The van der Waals surface area contributed by atoms with Gasteiger partial charge >= 0.3 is 5.97 Å². The third kappa shape index (κ3) is 2.35. The van der Waals surface area contributed by atoms with Crippen molar-refractivity contribution < 1.29 is 19.1 Å². The summed E-state index contributed by atoms with van der Waals surface area (Å²) in [5, 5.41) is 3.00. The smallest absolute Gasteiger partial charge is 0.323 e. The summed E-state index contributed by atoms with van der Waals surface area (Å²) in [7, 11) is 0. The Labute approximate surface area is 134 Å². The minimum absolute atomic E-state index is 0.220. The molecule has 2 fully saturated rings. The number of ether oxygens (including phenoxy) is 1. The van der Waals surface area contributed by atoms with Crippen molar-refractivity contribution in [2.75, 3.05) is 11.5 Å². The summed E-state index contributed by atoms with van der Waals surface area (Å²) in [5.74, 6) is -2.58. The quantitative estimate of drug-likeness (QED) is 0.507. The van der Waals surface area contributed by atoms with Gasteiger partial charge in [-0.2, -0.15) is 0 Å². The van der Waals surface area contributed by atoms with Crippen LogP contribution in [0.5, 0.6) is 0 Å². The van der Waals surface area contributed by atoms with Crippen LogP contribution in [0.15, 0.2) is 43.0 Å². The van der Waals surface area contributed by atoms with E-state index in [9.17, 15) is 14.4 Å². The number of fused-ring (bicyclic) bond motifs is 1. The standard InChI is InChI=1S/C17H18N2O4/c1-3-11-12-13(14(18-11)17(22)23-4-2)16(21)19(15(12)20)10-8-6-5-7-9-10/h3,5-9,11-14,18H,1,4H2,2H3/t11-,12+,13+,14-/m1/s1. The maximum atomic E-state index is 12.8. The Morgan fingerprint density at radius 2 is 1.91 bits per heavy atom. The van der Waals surface area contributed by atoms with Gasteiger partial charge in [-0.15, -0.1) is 6.58 Å². The SMILES string of the molecule is C=C[C@H]1N[C@@H](C(=O)OCC)[C@H]2C(=O)N(c3ccccc3)C(=O)[C@H]21. The minimum atomic E-state index is -0.826. The molecule has 0 aliphatic carbocycles. The zero-order valence-electron chi connectivity index (χ0n) is 12.8. The highest BCUT2D eigenvalue weighted by Crippen LogP contribution is 2.39. The van der Waals surface area contributed by atoms with Crippen LogP contribution in [0.3, 0.4) is 0 Å². The lowest BCUT2D eigenvalue weighted by Gasteiger charge is -2.20. The molecule has 0 unspecified atom stereocenters. The molecule has 0 radical (unpaired) electrons. The molecule has 0 saturated carbocycles. The monoisotopic (exact) mass is 314 g/mol. The largest absolute Gasteiger partial charge is 0.465 e. The van der Waals surface area contributed by atoms with E-state index in [4.69, 9.17) is 4.74 Å². The van der Waals surface area contributed by atoms with Crippen molar-refractivity contribution in [3.05, 3.63) is 43.0 Å². The van der Waals surface area contributed by atoms with Gasteiger partial charge in [-0.1, -0.05) is 24.3 Å². The van der Waals surface area contributed by atoms with E-state index in [2.05, 4.69) is 11.9 Å². The third-order valence-corrected chi connectivity index (χ3v) is 4.32. The number of anilines is 1. The maximum absolute atomic E-state index is 12.8. The Morgan fingerprint density at radius 1 is 1.26 bits per heavy atom. The zero-order valence-corrected chi connectivity index (χ0v) is 12.8. The van der Waals surface area contributed by atoms with E-state index in [1.807, 2.05) is 6.07 Å². The van der Waals surface area contributed by atoms with Gasteiger partial charge in [-0.05, 0) is 19.1 Å². The molecule has 2 aliphatic rings. The number of amides is 2. The topological polar surface area (TPSA) is 75.7 Å². The highest BCUT2D eigenvalue weighted by molar-refractivity contribution is 6.23. The summed E-state index contributed by atoms with van der Waals surface area (Å²) < 4.78 is 5.03. The van der Waals surface area contributed by atoms with E-state index in [1.165, 1.54) is 4.90 Å². The van der Waals surface area contributed by atoms with E-state index in [1.54, 1.807) is 37.3 Å². The van der Waals surface area contributed by atoms with Gasteiger partial charge in [0, 0.05) is 6.04 Å². The molecular weight excluding hydrogens is 296 g/mol. The Hall–Kier alpha value is -2.47. The fraction of sp³-hybridized carbons (Fsp3) is 0.353. The second-order valence-electron chi connectivity index (χ2n) is 5.56. The summed E-state index contributed by atoms with van der Waals surface area (Å²) in [6.45, 7) is 5.63. The molecular formula is C17H18N2O4. The Kier molecular flexibility index (Phi) is 4.00. The van der Waals surface area contributed by atoms with Crippen molar-refractivity contribution in [1.29, 1.82) is 0 Å². The molecule has 1 aromatic carbocycles.